The number of carbonyl (C=O) groups is 1. The van der Waals surface area contributed by atoms with Gasteiger partial charge in [-0.1, -0.05) is 94.9 Å². The number of rotatable bonds is 16. The van der Waals surface area contributed by atoms with Crippen LogP contribution in [0.2, 0.25) is 0 Å². The molecule has 5 rings (SSSR count). The van der Waals surface area contributed by atoms with Crippen molar-refractivity contribution in [1.29, 1.82) is 0 Å². The van der Waals surface area contributed by atoms with E-state index in [-0.39, 0.29) is 5.91 Å². The Hall–Kier alpha value is -2.75. The fourth-order valence-electron chi connectivity index (χ4n) is 8.77. The number of carbonyl (C=O) groups excluding carboxylic acids is 1. The lowest BCUT2D eigenvalue weighted by Crippen LogP contribution is -2.43. The van der Waals surface area contributed by atoms with Crippen molar-refractivity contribution in [3.05, 3.63) is 71.3 Å². The van der Waals surface area contributed by atoms with Crippen molar-refractivity contribution in [2.75, 3.05) is 6.54 Å². The molecule has 240 valence electrons. The van der Waals surface area contributed by atoms with Gasteiger partial charge in [0.05, 0.1) is 0 Å². The maximum absolute atomic E-state index is 11.9. The summed E-state index contributed by atoms with van der Waals surface area (Å²) in [6.45, 7) is 6.03. The topological polar surface area (TPSA) is 58.6 Å². The zero-order valence-electron chi connectivity index (χ0n) is 27.5. The molecule has 2 aromatic carbocycles. The maximum atomic E-state index is 11.9. The third-order valence-electron chi connectivity index (χ3n) is 11.2. The van der Waals surface area contributed by atoms with Crippen LogP contribution in [0.15, 0.2) is 54.6 Å². The Labute approximate surface area is 267 Å². The monoisotopic (exact) mass is 599 g/mol. The molecular formula is C40H57NO3. The zero-order valence-corrected chi connectivity index (χ0v) is 27.5. The summed E-state index contributed by atoms with van der Waals surface area (Å²) in [5.74, 6) is 3.68. The number of fused-ring (bicyclic) bond motifs is 5. The maximum Gasteiger partial charge on any atom is 0.219 e. The molecule has 0 aliphatic heterocycles. The van der Waals surface area contributed by atoms with Crippen molar-refractivity contribution >= 4 is 5.91 Å². The summed E-state index contributed by atoms with van der Waals surface area (Å²) < 4.78 is 6.15. The van der Waals surface area contributed by atoms with Crippen LogP contribution in [0.3, 0.4) is 0 Å². The lowest BCUT2D eigenvalue weighted by Gasteiger charge is -2.52. The van der Waals surface area contributed by atoms with E-state index in [9.17, 15) is 9.90 Å². The van der Waals surface area contributed by atoms with Gasteiger partial charge in [0.2, 0.25) is 5.91 Å². The molecule has 0 bridgehead atoms. The molecule has 4 nitrogen and oxygen atoms in total. The molecule has 2 N–H and O–H groups in total. The molecule has 1 amide bonds. The first-order chi connectivity index (χ1) is 21.5. The van der Waals surface area contributed by atoms with E-state index in [4.69, 9.17) is 4.74 Å². The van der Waals surface area contributed by atoms with Crippen molar-refractivity contribution in [2.45, 2.75) is 129 Å². The molecule has 2 unspecified atom stereocenters. The Bertz CT molecular complexity index is 1220. The minimum absolute atomic E-state index is 0.222. The van der Waals surface area contributed by atoms with Crippen LogP contribution in [-0.4, -0.2) is 17.6 Å². The SMILES string of the molecule is CCCCCC(=O)NCCCCCCCC=C[C@@H]1Cc2cc(OCc3ccccc3)c(O)cc2[C@@H]2CC[C@]3(C)CCCC3C12. The molecule has 0 saturated heterocycles. The van der Waals surface area contributed by atoms with Crippen LogP contribution in [-0.2, 0) is 17.8 Å². The molecule has 2 saturated carbocycles. The lowest BCUT2D eigenvalue weighted by atomic mass is 9.53. The van der Waals surface area contributed by atoms with Crippen LogP contribution in [0, 0.1) is 23.2 Å². The third-order valence-corrected chi connectivity index (χ3v) is 11.2. The predicted octanol–water partition coefficient (Wildman–Crippen LogP) is 10.0. The van der Waals surface area contributed by atoms with Crippen molar-refractivity contribution < 1.29 is 14.6 Å². The minimum atomic E-state index is 0.222. The van der Waals surface area contributed by atoms with Gasteiger partial charge in [-0.2, -0.15) is 0 Å². The number of ether oxygens (including phenoxy) is 1. The first-order valence-corrected chi connectivity index (χ1v) is 17.9. The summed E-state index contributed by atoms with van der Waals surface area (Å²) in [4.78, 5) is 11.9. The smallest absolute Gasteiger partial charge is 0.219 e. The molecule has 3 aliphatic carbocycles. The number of hydrogen-bond acceptors (Lipinski definition) is 3. The fraction of sp³-hybridized carbons (Fsp3) is 0.625. The van der Waals surface area contributed by atoms with Gasteiger partial charge in [-0.25, -0.2) is 0 Å². The van der Waals surface area contributed by atoms with E-state index in [0.717, 1.165) is 56.6 Å². The number of benzene rings is 2. The van der Waals surface area contributed by atoms with Crippen molar-refractivity contribution in [2.24, 2.45) is 23.2 Å². The molecule has 5 atom stereocenters. The van der Waals surface area contributed by atoms with Gasteiger partial charge in [0.1, 0.15) is 6.61 Å². The number of allylic oxidation sites excluding steroid dienone is 2. The van der Waals surface area contributed by atoms with Gasteiger partial charge in [-0.15, -0.1) is 0 Å². The second kappa shape index (κ2) is 16.0. The Morgan fingerprint density at radius 3 is 2.68 bits per heavy atom. The van der Waals surface area contributed by atoms with Crippen LogP contribution in [0.5, 0.6) is 11.5 Å². The number of amides is 1. The quantitative estimate of drug-likeness (QED) is 0.149. The number of phenols is 1. The van der Waals surface area contributed by atoms with Gasteiger partial charge in [-0.3, -0.25) is 4.79 Å². The first kappa shape index (κ1) is 32.6. The van der Waals surface area contributed by atoms with E-state index in [1.165, 1.54) is 68.9 Å². The summed E-state index contributed by atoms with van der Waals surface area (Å²) in [6, 6.07) is 14.4. The molecule has 0 spiro atoms. The minimum Gasteiger partial charge on any atom is -0.504 e. The first-order valence-electron chi connectivity index (χ1n) is 17.9. The number of aromatic hydroxyl groups is 1. The van der Waals surface area contributed by atoms with Crippen LogP contribution >= 0.6 is 0 Å². The van der Waals surface area contributed by atoms with Gasteiger partial charge in [-0.05, 0) is 116 Å². The molecule has 0 radical (unpaired) electrons. The molecule has 2 aromatic rings. The van der Waals surface area contributed by atoms with E-state index in [2.05, 4.69) is 55.6 Å². The zero-order chi connectivity index (χ0) is 30.8. The van der Waals surface area contributed by atoms with Crippen LogP contribution in [0.4, 0.5) is 0 Å². The largest absolute Gasteiger partial charge is 0.504 e. The fourth-order valence-corrected chi connectivity index (χ4v) is 8.77. The highest BCUT2D eigenvalue weighted by Crippen LogP contribution is 2.62. The summed E-state index contributed by atoms with van der Waals surface area (Å²) in [5, 5.41) is 14.1. The van der Waals surface area contributed by atoms with E-state index in [1.54, 1.807) is 0 Å². The second-order valence-corrected chi connectivity index (χ2v) is 14.3. The van der Waals surface area contributed by atoms with Gasteiger partial charge >= 0.3 is 0 Å². The molecule has 0 heterocycles. The highest BCUT2D eigenvalue weighted by Gasteiger charge is 2.52. The van der Waals surface area contributed by atoms with Crippen LogP contribution in [0.1, 0.15) is 133 Å². The Morgan fingerprint density at radius 2 is 1.84 bits per heavy atom. The van der Waals surface area contributed by atoms with E-state index >= 15 is 0 Å². The Morgan fingerprint density at radius 1 is 1.02 bits per heavy atom. The normalized spacial score (nSPS) is 25.8. The number of hydrogen-bond donors (Lipinski definition) is 2. The molecule has 4 heteroatoms. The van der Waals surface area contributed by atoms with Gasteiger partial charge < -0.3 is 15.2 Å². The van der Waals surface area contributed by atoms with Gasteiger partial charge in [0.25, 0.3) is 0 Å². The van der Waals surface area contributed by atoms with Crippen LogP contribution in [0.25, 0.3) is 0 Å². The second-order valence-electron chi connectivity index (χ2n) is 14.3. The van der Waals surface area contributed by atoms with E-state index < -0.39 is 0 Å². The lowest BCUT2D eigenvalue weighted by molar-refractivity contribution is -0.121. The highest BCUT2D eigenvalue weighted by atomic mass is 16.5. The Kier molecular flexibility index (Phi) is 11.9. The average Bonchev–Trinajstić information content (AvgIpc) is 3.43. The molecule has 3 aliphatic rings. The molecule has 44 heavy (non-hydrogen) atoms. The predicted molar refractivity (Wildman–Crippen MR) is 181 cm³/mol. The summed E-state index contributed by atoms with van der Waals surface area (Å²) in [6.07, 6.45) is 24.0. The van der Waals surface area contributed by atoms with Crippen molar-refractivity contribution in [1.82, 2.24) is 5.32 Å². The van der Waals surface area contributed by atoms with Crippen molar-refractivity contribution in [3.63, 3.8) is 0 Å². The molecular weight excluding hydrogens is 542 g/mol. The third kappa shape index (κ3) is 8.29. The van der Waals surface area contributed by atoms with E-state index in [1.807, 2.05) is 18.2 Å². The van der Waals surface area contributed by atoms with Gasteiger partial charge in [0, 0.05) is 13.0 Å². The Balaban J connectivity index is 1.15. The number of unbranched alkanes of at least 4 members (excludes halogenated alkanes) is 7. The summed E-state index contributed by atoms with van der Waals surface area (Å²) >= 11 is 0. The van der Waals surface area contributed by atoms with Gasteiger partial charge in [0.15, 0.2) is 11.5 Å². The standard InChI is InChI=1S/C40H57NO3/c1-3-4-11-21-38(43)41-25-15-9-7-5-6-8-14-19-31-26-32-27-37(44-29-30-17-12-10-13-18-30)36(42)28-34(32)33-22-24-40(2)23-16-20-35(40)39(31)33/h10,12-14,17-19,27-28,31,33,35,39,42H,3-9,11,15-16,20-26,29H2,1-2H3,(H,41,43)/t31-,33+,35?,39?,40+/m1/s1. The van der Waals surface area contributed by atoms with Crippen LogP contribution < -0.4 is 10.1 Å². The van der Waals surface area contributed by atoms with E-state index in [0.29, 0.717) is 47.7 Å². The average molecular weight is 600 g/mol. The molecule has 2 fully saturated rings. The highest BCUT2D eigenvalue weighted by molar-refractivity contribution is 5.75. The molecule has 0 aromatic heterocycles. The number of nitrogens with one attached hydrogen (secondary N) is 1. The number of phenolic OH excluding ortho intramolecular Hbond substituents is 1. The summed E-state index contributed by atoms with van der Waals surface area (Å²) in [5.41, 5.74) is 4.36. The van der Waals surface area contributed by atoms with Crippen molar-refractivity contribution in [3.8, 4) is 11.5 Å². The summed E-state index contributed by atoms with van der Waals surface area (Å²) in [7, 11) is 0.